The molecule has 2 fully saturated rings. The number of carbonyl (C=O) groups is 9. The van der Waals surface area contributed by atoms with Crippen LogP contribution in [-0.2, 0) is 76.3 Å². The van der Waals surface area contributed by atoms with Gasteiger partial charge in [0.2, 0.25) is 0 Å². The number of Topliss-reactive ketones (excluding diaryl/α,β-unsaturated/α-hetero) is 1. The van der Waals surface area contributed by atoms with E-state index in [-0.39, 0.29) is 5.56 Å². The lowest BCUT2D eigenvalue weighted by molar-refractivity contribution is -0.264. The topological polar surface area (TPSA) is 227 Å². The summed E-state index contributed by atoms with van der Waals surface area (Å²) in [6.07, 6.45) is -8.42. The fourth-order valence-corrected chi connectivity index (χ4v) is 8.50. The quantitative estimate of drug-likeness (QED) is 0.208. The molecule has 1 aromatic rings. The van der Waals surface area contributed by atoms with Gasteiger partial charge in [0.25, 0.3) is 0 Å². The predicted octanol–water partition coefficient (Wildman–Crippen LogP) is 3.46. The zero-order chi connectivity index (χ0) is 43.5. The minimum absolute atomic E-state index is 0.0623. The molecule has 3 aliphatic rings. The highest BCUT2D eigenvalue weighted by Gasteiger charge is 2.76. The first-order valence-electron chi connectivity index (χ1n) is 18.7. The van der Waals surface area contributed by atoms with Crippen molar-refractivity contribution >= 4 is 53.5 Å². The van der Waals surface area contributed by atoms with Crippen LogP contribution in [0.4, 0.5) is 0 Å². The van der Waals surface area contributed by atoms with Crippen LogP contribution in [0.2, 0.25) is 0 Å². The predicted molar refractivity (Wildman–Crippen MR) is 196 cm³/mol. The first-order chi connectivity index (χ1) is 26.9. The molecule has 316 valence electrons. The van der Waals surface area contributed by atoms with Gasteiger partial charge in [-0.25, -0.2) is 4.79 Å². The molecule has 17 nitrogen and oxygen atoms in total. The van der Waals surface area contributed by atoms with Crippen LogP contribution in [0.5, 0.6) is 0 Å². The number of ether oxygens (including phenoxy) is 8. The lowest BCUT2D eigenvalue weighted by Crippen LogP contribution is -2.72. The summed E-state index contributed by atoms with van der Waals surface area (Å²) in [5.41, 5.74) is -8.61. The van der Waals surface area contributed by atoms with E-state index < -0.39 is 137 Å². The second-order valence-electron chi connectivity index (χ2n) is 15.7. The molecule has 1 heterocycles. The molecule has 0 unspecified atom stereocenters. The van der Waals surface area contributed by atoms with Crippen molar-refractivity contribution in [3.05, 3.63) is 48.0 Å². The molecule has 2 aliphatic carbocycles. The third-order valence-corrected chi connectivity index (χ3v) is 10.5. The average molecular weight is 815 g/mol. The molecular weight excluding hydrogens is 764 g/mol. The lowest BCUT2D eigenvalue weighted by Gasteiger charge is -2.53. The number of carbonyl (C=O) groups excluding carboxylic acids is 9. The minimum Gasteiger partial charge on any atom is -0.458 e. The monoisotopic (exact) mass is 814 g/mol. The first-order valence-corrected chi connectivity index (χ1v) is 18.7. The fourth-order valence-electron chi connectivity index (χ4n) is 8.50. The Hall–Kier alpha value is -5.61. The zero-order valence-electron chi connectivity index (χ0n) is 34.1. The van der Waals surface area contributed by atoms with Gasteiger partial charge in [-0.1, -0.05) is 51.1 Å². The van der Waals surface area contributed by atoms with Gasteiger partial charge in [0, 0.05) is 72.1 Å². The normalized spacial score (nSPS) is 32.9. The molecule has 1 aromatic carbocycles. The number of hydrogen-bond donors (Lipinski definition) is 0. The van der Waals surface area contributed by atoms with E-state index in [4.69, 9.17) is 37.9 Å². The standard InChI is InChI=1S/C41H50O17/c1-21-16-18-38(8,9)35(53-24(4)44)31(51-22(2)42)36(54-25(5)45)40(58-37(50)28-14-12-11-13-15-28)19-17-29(48)55-34(40)30-33(52-23(3)43)39(10,56-26(6)46)20-41(30,32(21)49)57-27(7)47/h11-16,18,21,30-31,33-36H,17,19-20H2,1-10H3/t21-,30+,31-,33+,34+,35+,36+,39+,40-,41+/m0/s1. The third kappa shape index (κ3) is 9.23. The number of benzene rings is 1. The van der Waals surface area contributed by atoms with Crippen molar-refractivity contribution in [1.82, 2.24) is 0 Å². The Labute approximate surface area is 335 Å². The molecule has 0 radical (unpaired) electrons. The van der Waals surface area contributed by atoms with Crippen molar-refractivity contribution in [1.29, 1.82) is 0 Å². The zero-order valence-corrected chi connectivity index (χ0v) is 34.1. The van der Waals surface area contributed by atoms with Crippen molar-refractivity contribution in [3.63, 3.8) is 0 Å². The molecular formula is C41H50O17. The Morgan fingerprint density at radius 3 is 1.74 bits per heavy atom. The van der Waals surface area contributed by atoms with Crippen LogP contribution in [0.3, 0.4) is 0 Å². The summed E-state index contributed by atoms with van der Waals surface area (Å²) in [5.74, 6) is -11.9. The lowest BCUT2D eigenvalue weighted by atomic mass is 9.66. The van der Waals surface area contributed by atoms with Gasteiger partial charge in [0.1, 0.15) is 0 Å². The number of allylic oxidation sites excluding steroid dienone is 1. The van der Waals surface area contributed by atoms with Gasteiger partial charge in [-0.15, -0.1) is 0 Å². The van der Waals surface area contributed by atoms with E-state index in [2.05, 4.69) is 0 Å². The number of fused-ring (bicyclic) bond motifs is 3. The Balaban J connectivity index is 2.32. The highest BCUT2D eigenvalue weighted by Crippen LogP contribution is 2.57. The fraction of sp³-hybridized carbons (Fsp3) is 0.585. The smallest absolute Gasteiger partial charge is 0.338 e. The molecule has 1 aliphatic heterocycles. The van der Waals surface area contributed by atoms with Crippen LogP contribution in [0.15, 0.2) is 42.5 Å². The van der Waals surface area contributed by atoms with Crippen molar-refractivity contribution in [2.45, 2.75) is 136 Å². The van der Waals surface area contributed by atoms with Gasteiger partial charge in [0.05, 0.1) is 11.5 Å². The maximum atomic E-state index is 15.3. The van der Waals surface area contributed by atoms with Crippen LogP contribution < -0.4 is 0 Å². The minimum atomic E-state index is -2.58. The molecule has 0 amide bonds. The van der Waals surface area contributed by atoms with E-state index in [1.807, 2.05) is 0 Å². The van der Waals surface area contributed by atoms with E-state index in [0.717, 1.165) is 41.5 Å². The molecule has 10 atom stereocenters. The Kier molecular flexibility index (Phi) is 13.3. The van der Waals surface area contributed by atoms with Crippen molar-refractivity contribution < 1.29 is 81.0 Å². The summed E-state index contributed by atoms with van der Waals surface area (Å²) in [6, 6.07) is 7.44. The summed E-state index contributed by atoms with van der Waals surface area (Å²) in [4.78, 5) is 122. The number of rotatable bonds is 8. The van der Waals surface area contributed by atoms with Crippen LogP contribution >= 0.6 is 0 Å². The van der Waals surface area contributed by atoms with Gasteiger partial charge in [-0.2, -0.15) is 0 Å². The summed E-state index contributed by atoms with van der Waals surface area (Å²) >= 11 is 0. The highest BCUT2D eigenvalue weighted by molar-refractivity contribution is 5.94. The van der Waals surface area contributed by atoms with E-state index in [1.54, 1.807) is 19.9 Å². The maximum absolute atomic E-state index is 15.3. The summed E-state index contributed by atoms with van der Waals surface area (Å²) in [7, 11) is 0. The van der Waals surface area contributed by atoms with Gasteiger partial charge in [-0.05, 0) is 19.1 Å². The van der Waals surface area contributed by atoms with Crippen LogP contribution in [0.25, 0.3) is 0 Å². The maximum Gasteiger partial charge on any atom is 0.338 e. The highest BCUT2D eigenvalue weighted by atomic mass is 16.7. The van der Waals surface area contributed by atoms with Gasteiger partial charge >= 0.3 is 47.8 Å². The van der Waals surface area contributed by atoms with E-state index in [1.165, 1.54) is 50.3 Å². The molecule has 0 N–H and O–H groups in total. The van der Waals surface area contributed by atoms with Gasteiger partial charge in [0.15, 0.2) is 53.1 Å². The Bertz CT molecular complexity index is 1870. The number of ketones is 1. The molecule has 1 saturated carbocycles. The van der Waals surface area contributed by atoms with Crippen molar-refractivity contribution in [2.24, 2.45) is 17.3 Å². The first kappa shape index (κ1) is 45.1. The SMILES string of the molecule is CC(=O)O[C@H]1[C@@H](OC(C)=O)C(C)(C)C=C[C@H](C)C(=O)[C@@]2(OC(C)=O)C[C@@](C)(OC(C)=O)[C@H](OC(C)=O)[C@@H]2[C@H]2OC(=O)CC[C@@]2(OC(=O)c2ccccc2)[C@@H]1OC(C)=O. The van der Waals surface area contributed by atoms with Gasteiger partial charge < -0.3 is 37.9 Å². The number of esters is 8. The number of hydrogen-bond acceptors (Lipinski definition) is 17. The van der Waals surface area contributed by atoms with E-state index in [0.29, 0.717) is 0 Å². The summed E-state index contributed by atoms with van der Waals surface area (Å²) < 4.78 is 48.1. The van der Waals surface area contributed by atoms with Crippen LogP contribution in [-0.4, -0.2) is 101 Å². The average Bonchev–Trinajstić information content (AvgIpc) is 3.33. The van der Waals surface area contributed by atoms with E-state index >= 15 is 4.79 Å². The van der Waals surface area contributed by atoms with Crippen LogP contribution in [0.1, 0.15) is 98.9 Å². The van der Waals surface area contributed by atoms with Crippen molar-refractivity contribution in [3.8, 4) is 0 Å². The van der Waals surface area contributed by atoms with Gasteiger partial charge in [-0.3, -0.25) is 38.4 Å². The van der Waals surface area contributed by atoms with E-state index in [9.17, 15) is 38.4 Å². The molecule has 4 rings (SSSR count). The Morgan fingerprint density at radius 1 is 0.672 bits per heavy atom. The van der Waals surface area contributed by atoms with Crippen molar-refractivity contribution in [2.75, 3.05) is 0 Å². The second-order valence-corrected chi connectivity index (χ2v) is 15.7. The molecule has 17 heteroatoms. The molecule has 58 heavy (non-hydrogen) atoms. The molecule has 0 spiro atoms. The Morgan fingerprint density at radius 2 is 1.21 bits per heavy atom. The second kappa shape index (κ2) is 17.1. The summed E-state index contributed by atoms with van der Waals surface area (Å²) in [6.45, 7) is 12.1. The summed E-state index contributed by atoms with van der Waals surface area (Å²) in [5, 5.41) is 0. The molecule has 1 saturated heterocycles. The largest absolute Gasteiger partial charge is 0.458 e. The molecule has 0 bridgehead atoms. The van der Waals surface area contributed by atoms with Crippen LogP contribution in [0, 0.1) is 17.3 Å². The third-order valence-electron chi connectivity index (χ3n) is 10.5. The molecule has 0 aromatic heterocycles.